The minimum Gasteiger partial charge on any atom is -0.267 e. The van der Waals surface area contributed by atoms with Crippen LogP contribution in [0.5, 0.6) is 0 Å². The van der Waals surface area contributed by atoms with Crippen LogP contribution in [0, 0.1) is 10.1 Å². The van der Waals surface area contributed by atoms with E-state index in [1.54, 1.807) is 30.3 Å². The molecule has 142 valence electrons. The van der Waals surface area contributed by atoms with Gasteiger partial charge >= 0.3 is 0 Å². The zero-order valence-electron chi connectivity index (χ0n) is 15.0. The van der Waals surface area contributed by atoms with Crippen molar-refractivity contribution in [2.24, 2.45) is 5.10 Å². The van der Waals surface area contributed by atoms with E-state index in [1.807, 2.05) is 42.5 Å². The molecular formula is C22H14BrN3O3. The van der Waals surface area contributed by atoms with Crippen LogP contribution in [-0.2, 0) is 4.79 Å². The molecule has 0 saturated heterocycles. The molecule has 0 aliphatic carbocycles. The molecule has 0 spiro atoms. The summed E-state index contributed by atoms with van der Waals surface area (Å²) in [5.41, 5.74) is 2.84. The summed E-state index contributed by atoms with van der Waals surface area (Å²) in [6.45, 7) is 0. The number of anilines is 1. The Hall–Kier alpha value is -3.58. The van der Waals surface area contributed by atoms with Crippen molar-refractivity contribution in [2.75, 3.05) is 5.01 Å². The molecule has 3 aromatic carbocycles. The molecular weight excluding hydrogens is 434 g/mol. The van der Waals surface area contributed by atoms with E-state index in [0.29, 0.717) is 22.5 Å². The van der Waals surface area contributed by atoms with Crippen molar-refractivity contribution >= 4 is 45.0 Å². The zero-order chi connectivity index (χ0) is 20.4. The highest BCUT2D eigenvalue weighted by Gasteiger charge is 2.32. The quantitative estimate of drug-likeness (QED) is 0.313. The molecule has 1 aliphatic heterocycles. The van der Waals surface area contributed by atoms with Crippen LogP contribution >= 0.6 is 15.9 Å². The lowest BCUT2D eigenvalue weighted by atomic mass is 10.00. The minimum atomic E-state index is -0.460. The first-order valence-electron chi connectivity index (χ1n) is 8.73. The number of nitro benzene ring substituents is 1. The van der Waals surface area contributed by atoms with Gasteiger partial charge in [0.2, 0.25) is 0 Å². The van der Waals surface area contributed by atoms with Gasteiger partial charge in [0.1, 0.15) is 5.71 Å². The molecule has 0 atom stereocenters. The van der Waals surface area contributed by atoms with E-state index in [2.05, 4.69) is 21.0 Å². The fraction of sp³-hybridized carbons (Fsp3) is 0. The largest absolute Gasteiger partial charge is 0.281 e. The summed E-state index contributed by atoms with van der Waals surface area (Å²) in [6, 6.07) is 22.8. The zero-order valence-corrected chi connectivity index (χ0v) is 16.6. The molecule has 0 bridgehead atoms. The summed E-state index contributed by atoms with van der Waals surface area (Å²) >= 11 is 3.39. The Kier molecular flexibility index (Phi) is 5.05. The number of non-ortho nitro benzene ring substituents is 1. The molecule has 0 fully saturated rings. The van der Waals surface area contributed by atoms with Gasteiger partial charge in [-0.3, -0.25) is 14.9 Å². The summed E-state index contributed by atoms with van der Waals surface area (Å²) in [4.78, 5) is 23.8. The number of amides is 1. The molecule has 0 N–H and O–H groups in total. The summed E-state index contributed by atoms with van der Waals surface area (Å²) in [7, 11) is 0. The molecule has 1 heterocycles. The number of hydrogen-bond donors (Lipinski definition) is 0. The molecule has 0 aromatic heterocycles. The van der Waals surface area contributed by atoms with Gasteiger partial charge in [0.25, 0.3) is 11.6 Å². The van der Waals surface area contributed by atoms with E-state index >= 15 is 0 Å². The van der Waals surface area contributed by atoms with Gasteiger partial charge in [0, 0.05) is 22.2 Å². The van der Waals surface area contributed by atoms with Gasteiger partial charge in [0.05, 0.1) is 16.2 Å². The third kappa shape index (κ3) is 3.86. The molecule has 29 heavy (non-hydrogen) atoms. The van der Waals surface area contributed by atoms with Crippen molar-refractivity contribution in [2.45, 2.75) is 0 Å². The predicted octanol–water partition coefficient (Wildman–Crippen LogP) is 5.19. The first kappa shape index (κ1) is 18.8. The van der Waals surface area contributed by atoms with Gasteiger partial charge in [-0.25, -0.2) is 0 Å². The molecule has 0 unspecified atom stereocenters. The van der Waals surface area contributed by atoms with E-state index in [0.717, 1.165) is 10.0 Å². The van der Waals surface area contributed by atoms with Crippen LogP contribution in [0.4, 0.5) is 11.4 Å². The Labute approximate surface area is 175 Å². The number of halogens is 1. The van der Waals surface area contributed by atoms with Crippen molar-refractivity contribution in [1.29, 1.82) is 0 Å². The van der Waals surface area contributed by atoms with Crippen molar-refractivity contribution in [3.63, 3.8) is 0 Å². The summed E-state index contributed by atoms with van der Waals surface area (Å²) in [5, 5.41) is 17.0. The van der Waals surface area contributed by atoms with Crippen LogP contribution < -0.4 is 5.01 Å². The van der Waals surface area contributed by atoms with E-state index < -0.39 is 4.92 Å². The van der Waals surface area contributed by atoms with Crippen LogP contribution in [0.25, 0.3) is 6.08 Å². The minimum absolute atomic E-state index is 0.0345. The van der Waals surface area contributed by atoms with Crippen LogP contribution in [0.15, 0.2) is 94.0 Å². The fourth-order valence-electron chi connectivity index (χ4n) is 3.01. The van der Waals surface area contributed by atoms with Crippen molar-refractivity contribution < 1.29 is 9.72 Å². The first-order valence-corrected chi connectivity index (χ1v) is 9.53. The highest BCUT2D eigenvalue weighted by atomic mass is 79.9. The van der Waals surface area contributed by atoms with Crippen LogP contribution in [-0.4, -0.2) is 16.5 Å². The van der Waals surface area contributed by atoms with Crippen LogP contribution in [0.2, 0.25) is 0 Å². The average molecular weight is 448 g/mol. The lowest BCUT2D eigenvalue weighted by Crippen LogP contribution is -2.21. The second-order valence-electron chi connectivity index (χ2n) is 6.32. The van der Waals surface area contributed by atoms with Crippen LogP contribution in [0.3, 0.4) is 0 Å². The second kappa shape index (κ2) is 7.81. The van der Waals surface area contributed by atoms with Crippen molar-refractivity contribution in [1.82, 2.24) is 0 Å². The van der Waals surface area contributed by atoms with Gasteiger partial charge in [-0.2, -0.15) is 10.1 Å². The number of rotatable bonds is 4. The number of hydrazone groups is 1. The second-order valence-corrected chi connectivity index (χ2v) is 7.23. The van der Waals surface area contributed by atoms with Gasteiger partial charge in [-0.15, -0.1) is 0 Å². The lowest BCUT2D eigenvalue weighted by molar-refractivity contribution is -0.384. The molecule has 0 saturated carbocycles. The Morgan fingerprint density at radius 3 is 2.38 bits per heavy atom. The number of carbonyl (C=O) groups is 1. The molecule has 6 nitrogen and oxygen atoms in total. The Morgan fingerprint density at radius 1 is 0.966 bits per heavy atom. The van der Waals surface area contributed by atoms with E-state index in [-0.39, 0.29) is 11.6 Å². The Balaban J connectivity index is 1.82. The number of hydrogen-bond acceptors (Lipinski definition) is 4. The number of carbonyl (C=O) groups excluding carboxylic acids is 1. The van der Waals surface area contributed by atoms with Gasteiger partial charge < -0.3 is 0 Å². The molecule has 7 heteroatoms. The smallest absolute Gasteiger partial charge is 0.267 e. The number of nitrogens with zero attached hydrogens (tertiary/aromatic N) is 3. The predicted molar refractivity (Wildman–Crippen MR) is 116 cm³/mol. The van der Waals surface area contributed by atoms with Crippen LogP contribution in [0.1, 0.15) is 11.1 Å². The van der Waals surface area contributed by atoms with E-state index in [4.69, 9.17) is 0 Å². The Morgan fingerprint density at radius 2 is 1.69 bits per heavy atom. The summed E-state index contributed by atoms with van der Waals surface area (Å²) < 4.78 is 0.896. The maximum atomic E-state index is 13.2. The number of benzene rings is 3. The third-order valence-electron chi connectivity index (χ3n) is 4.39. The maximum absolute atomic E-state index is 13.2. The highest BCUT2D eigenvalue weighted by molar-refractivity contribution is 9.10. The van der Waals surface area contributed by atoms with E-state index in [1.165, 1.54) is 17.1 Å². The Bertz CT molecular complexity index is 1160. The molecule has 4 rings (SSSR count). The molecule has 0 radical (unpaired) electrons. The fourth-order valence-corrected chi connectivity index (χ4v) is 3.27. The van der Waals surface area contributed by atoms with Crippen molar-refractivity contribution in [3.05, 3.63) is 110 Å². The average Bonchev–Trinajstić information content (AvgIpc) is 3.06. The van der Waals surface area contributed by atoms with E-state index in [9.17, 15) is 14.9 Å². The topological polar surface area (TPSA) is 75.8 Å². The summed E-state index contributed by atoms with van der Waals surface area (Å²) in [5.74, 6) is -0.294. The maximum Gasteiger partial charge on any atom is 0.281 e. The van der Waals surface area contributed by atoms with Gasteiger partial charge in [-0.05, 0) is 35.9 Å². The first-order chi connectivity index (χ1) is 14.0. The van der Waals surface area contributed by atoms with Gasteiger partial charge in [0.15, 0.2) is 0 Å². The normalized spacial score (nSPS) is 14.9. The monoisotopic (exact) mass is 447 g/mol. The number of nitro groups is 1. The molecule has 1 aliphatic rings. The van der Waals surface area contributed by atoms with Crippen molar-refractivity contribution in [3.8, 4) is 0 Å². The molecule has 3 aromatic rings. The van der Waals surface area contributed by atoms with Gasteiger partial charge in [-0.1, -0.05) is 58.4 Å². The third-order valence-corrected chi connectivity index (χ3v) is 4.92. The molecule has 1 amide bonds. The lowest BCUT2D eigenvalue weighted by Gasteiger charge is -2.11. The standard InChI is InChI=1S/C22H14BrN3O3/c23-17-9-11-18(12-10-17)25-22(27)20(21(24-25)16-6-2-1-3-7-16)14-15-5-4-8-19(13-15)26(28)29/h1-14H. The highest BCUT2D eigenvalue weighted by Crippen LogP contribution is 2.29. The summed E-state index contributed by atoms with van der Waals surface area (Å²) in [6.07, 6.45) is 1.64. The SMILES string of the molecule is O=C1C(=Cc2cccc([N+](=O)[O-])c2)C(c2ccccc2)=NN1c1ccc(Br)cc1.